The maximum atomic E-state index is 11.9. The van der Waals surface area contributed by atoms with Gasteiger partial charge in [0.25, 0.3) is 0 Å². The van der Waals surface area contributed by atoms with Crippen LogP contribution in [0.3, 0.4) is 0 Å². The number of hydrogen-bond acceptors (Lipinski definition) is 2. The SMILES string of the molecule is CC/C=C/CC(=O)NC(CC(C)C)c1cccnc1. The monoisotopic (exact) mass is 260 g/mol. The van der Waals surface area contributed by atoms with Crippen LogP contribution in [-0.2, 0) is 4.79 Å². The van der Waals surface area contributed by atoms with Crippen molar-refractivity contribution in [3.63, 3.8) is 0 Å². The van der Waals surface area contributed by atoms with Gasteiger partial charge in [0.2, 0.25) is 5.91 Å². The van der Waals surface area contributed by atoms with E-state index in [1.54, 1.807) is 6.20 Å². The first-order valence-corrected chi connectivity index (χ1v) is 6.97. The number of carbonyl (C=O) groups excluding carboxylic acids is 1. The van der Waals surface area contributed by atoms with Crippen molar-refractivity contribution in [2.45, 2.75) is 46.1 Å². The van der Waals surface area contributed by atoms with Crippen LogP contribution >= 0.6 is 0 Å². The maximum Gasteiger partial charge on any atom is 0.224 e. The molecule has 0 saturated heterocycles. The van der Waals surface area contributed by atoms with Crippen LogP contribution < -0.4 is 5.32 Å². The molecule has 3 nitrogen and oxygen atoms in total. The smallest absolute Gasteiger partial charge is 0.224 e. The molecule has 0 aliphatic rings. The van der Waals surface area contributed by atoms with Gasteiger partial charge in [-0.1, -0.05) is 39.0 Å². The molecule has 1 amide bonds. The molecule has 1 heterocycles. The van der Waals surface area contributed by atoms with Crippen molar-refractivity contribution in [3.05, 3.63) is 42.2 Å². The van der Waals surface area contributed by atoms with E-state index in [4.69, 9.17) is 0 Å². The van der Waals surface area contributed by atoms with Crippen molar-refractivity contribution >= 4 is 5.91 Å². The van der Waals surface area contributed by atoms with Crippen LogP contribution in [0.5, 0.6) is 0 Å². The fraction of sp³-hybridized carbons (Fsp3) is 0.500. The Balaban J connectivity index is 2.65. The number of pyridine rings is 1. The molecule has 0 fully saturated rings. The van der Waals surface area contributed by atoms with Crippen LogP contribution in [0.2, 0.25) is 0 Å². The summed E-state index contributed by atoms with van der Waals surface area (Å²) in [4.78, 5) is 16.0. The van der Waals surface area contributed by atoms with Crippen LogP contribution in [0, 0.1) is 5.92 Å². The minimum atomic E-state index is 0.0521. The van der Waals surface area contributed by atoms with Gasteiger partial charge in [-0.05, 0) is 30.4 Å². The lowest BCUT2D eigenvalue weighted by molar-refractivity contribution is -0.121. The summed E-state index contributed by atoms with van der Waals surface area (Å²) in [5.41, 5.74) is 1.07. The summed E-state index contributed by atoms with van der Waals surface area (Å²) >= 11 is 0. The highest BCUT2D eigenvalue weighted by Crippen LogP contribution is 2.20. The number of amides is 1. The van der Waals surface area contributed by atoms with Gasteiger partial charge < -0.3 is 5.32 Å². The molecule has 1 aromatic rings. The molecule has 0 radical (unpaired) electrons. The van der Waals surface area contributed by atoms with E-state index in [1.807, 2.05) is 30.5 Å². The molecule has 0 saturated carbocycles. The van der Waals surface area contributed by atoms with Crippen LogP contribution in [0.25, 0.3) is 0 Å². The molecule has 1 rings (SSSR count). The quantitative estimate of drug-likeness (QED) is 0.760. The van der Waals surface area contributed by atoms with E-state index in [-0.39, 0.29) is 11.9 Å². The van der Waals surface area contributed by atoms with Gasteiger partial charge in [0.05, 0.1) is 6.04 Å². The molecule has 1 atom stereocenters. The van der Waals surface area contributed by atoms with E-state index in [1.165, 1.54) is 0 Å². The van der Waals surface area contributed by atoms with E-state index in [9.17, 15) is 4.79 Å². The standard InChI is InChI=1S/C16H24N2O/c1-4-5-6-9-16(19)18-15(11-13(2)3)14-8-7-10-17-12-14/h5-8,10,12-13,15H,4,9,11H2,1-3H3,(H,18,19)/b6-5+. The van der Waals surface area contributed by atoms with Gasteiger partial charge in [-0.2, -0.15) is 0 Å². The summed E-state index contributed by atoms with van der Waals surface area (Å²) in [6.07, 6.45) is 9.85. The van der Waals surface area contributed by atoms with Crippen molar-refractivity contribution in [2.75, 3.05) is 0 Å². The Hall–Kier alpha value is -1.64. The highest BCUT2D eigenvalue weighted by atomic mass is 16.1. The first-order chi connectivity index (χ1) is 9.13. The second-order valence-electron chi connectivity index (χ2n) is 5.12. The Bertz CT molecular complexity index is 398. The highest BCUT2D eigenvalue weighted by molar-refractivity contribution is 5.77. The second kappa shape index (κ2) is 8.46. The molecule has 0 spiro atoms. The molecule has 104 valence electrons. The van der Waals surface area contributed by atoms with E-state index in [2.05, 4.69) is 31.1 Å². The summed E-state index contributed by atoms with van der Waals surface area (Å²) in [6, 6.07) is 3.98. The Kier molecular flexibility index (Phi) is 6.86. The summed E-state index contributed by atoms with van der Waals surface area (Å²) in [7, 11) is 0. The molecule has 19 heavy (non-hydrogen) atoms. The third-order valence-corrected chi connectivity index (χ3v) is 2.83. The minimum absolute atomic E-state index is 0.0521. The number of nitrogens with zero attached hydrogens (tertiary/aromatic N) is 1. The molecule has 0 aliphatic carbocycles. The van der Waals surface area contributed by atoms with Crippen molar-refractivity contribution < 1.29 is 4.79 Å². The lowest BCUT2D eigenvalue weighted by Gasteiger charge is -2.20. The predicted octanol–water partition coefficient (Wildman–Crippen LogP) is 3.64. The Morgan fingerprint density at radius 3 is 2.79 bits per heavy atom. The van der Waals surface area contributed by atoms with Crippen molar-refractivity contribution in [1.82, 2.24) is 10.3 Å². The molecule has 1 N–H and O–H groups in total. The highest BCUT2D eigenvalue weighted by Gasteiger charge is 2.15. The Morgan fingerprint density at radius 2 is 2.21 bits per heavy atom. The molecular formula is C16H24N2O. The zero-order valence-electron chi connectivity index (χ0n) is 12.1. The number of allylic oxidation sites excluding steroid dienone is 1. The molecule has 1 unspecified atom stereocenters. The Morgan fingerprint density at radius 1 is 1.42 bits per heavy atom. The fourth-order valence-electron chi connectivity index (χ4n) is 1.94. The van der Waals surface area contributed by atoms with Gasteiger partial charge in [-0.15, -0.1) is 0 Å². The van der Waals surface area contributed by atoms with Crippen molar-refractivity contribution in [3.8, 4) is 0 Å². The maximum absolute atomic E-state index is 11.9. The van der Waals surface area contributed by atoms with Crippen LogP contribution in [0.15, 0.2) is 36.7 Å². The normalized spacial score (nSPS) is 12.8. The number of nitrogens with one attached hydrogen (secondary N) is 1. The lowest BCUT2D eigenvalue weighted by atomic mass is 9.98. The van der Waals surface area contributed by atoms with Gasteiger partial charge in [0.1, 0.15) is 0 Å². The second-order valence-corrected chi connectivity index (χ2v) is 5.12. The molecule has 0 bridgehead atoms. The first-order valence-electron chi connectivity index (χ1n) is 6.97. The van der Waals surface area contributed by atoms with E-state index in [0.717, 1.165) is 18.4 Å². The zero-order chi connectivity index (χ0) is 14.1. The average molecular weight is 260 g/mol. The molecule has 3 heteroatoms. The fourth-order valence-corrected chi connectivity index (χ4v) is 1.94. The van der Waals surface area contributed by atoms with Gasteiger partial charge in [-0.3, -0.25) is 9.78 Å². The first kappa shape index (κ1) is 15.4. The van der Waals surface area contributed by atoms with E-state index < -0.39 is 0 Å². The average Bonchev–Trinajstić information content (AvgIpc) is 2.39. The van der Waals surface area contributed by atoms with E-state index in [0.29, 0.717) is 12.3 Å². The van der Waals surface area contributed by atoms with E-state index >= 15 is 0 Å². The Labute approximate surface area is 116 Å². The van der Waals surface area contributed by atoms with Gasteiger partial charge >= 0.3 is 0 Å². The number of carbonyl (C=O) groups is 1. The minimum Gasteiger partial charge on any atom is -0.349 e. The summed E-state index contributed by atoms with van der Waals surface area (Å²) in [5.74, 6) is 0.593. The third kappa shape index (κ3) is 6.18. The number of aromatic nitrogens is 1. The van der Waals surface area contributed by atoms with Gasteiger partial charge in [-0.25, -0.2) is 0 Å². The zero-order valence-corrected chi connectivity index (χ0v) is 12.1. The largest absolute Gasteiger partial charge is 0.349 e. The topological polar surface area (TPSA) is 42.0 Å². The molecule has 1 aromatic heterocycles. The summed E-state index contributed by atoms with van der Waals surface area (Å²) in [5, 5.41) is 3.09. The molecule has 0 aliphatic heterocycles. The summed E-state index contributed by atoms with van der Waals surface area (Å²) < 4.78 is 0. The summed E-state index contributed by atoms with van der Waals surface area (Å²) in [6.45, 7) is 6.38. The molecule has 0 aromatic carbocycles. The van der Waals surface area contributed by atoms with Gasteiger partial charge in [0.15, 0.2) is 0 Å². The predicted molar refractivity (Wildman–Crippen MR) is 78.6 cm³/mol. The van der Waals surface area contributed by atoms with Crippen molar-refractivity contribution in [2.24, 2.45) is 5.92 Å². The van der Waals surface area contributed by atoms with Crippen LogP contribution in [-0.4, -0.2) is 10.9 Å². The van der Waals surface area contributed by atoms with Gasteiger partial charge in [0, 0.05) is 18.8 Å². The molecular weight excluding hydrogens is 236 g/mol. The van der Waals surface area contributed by atoms with Crippen LogP contribution in [0.1, 0.15) is 51.6 Å². The van der Waals surface area contributed by atoms with Crippen molar-refractivity contribution in [1.29, 1.82) is 0 Å². The third-order valence-electron chi connectivity index (χ3n) is 2.83. The lowest BCUT2D eigenvalue weighted by Crippen LogP contribution is -2.29. The number of hydrogen-bond donors (Lipinski definition) is 1. The van der Waals surface area contributed by atoms with Crippen LogP contribution in [0.4, 0.5) is 0 Å². The number of rotatable bonds is 7.